The molecule has 0 radical (unpaired) electrons. The Kier molecular flexibility index (Phi) is 4.65. The van der Waals surface area contributed by atoms with E-state index in [1.807, 2.05) is 47.9 Å². The molecule has 3 rings (SSSR count). The summed E-state index contributed by atoms with van der Waals surface area (Å²) in [6.07, 6.45) is 1.69. The summed E-state index contributed by atoms with van der Waals surface area (Å²) < 4.78 is 2.01. The van der Waals surface area contributed by atoms with Gasteiger partial charge in [-0.05, 0) is 36.6 Å². The molecule has 3 aromatic rings. The highest BCUT2D eigenvalue weighted by atomic mass is 16.1. The van der Waals surface area contributed by atoms with Crippen molar-refractivity contribution in [2.24, 2.45) is 0 Å². The summed E-state index contributed by atoms with van der Waals surface area (Å²) in [4.78, 5) is 17.3. The molecule has 0 bridgehead atoms. The van der Waals surface area contributed by atoms with Crippen LogP contribution in [-0.2, 0) is 24.2 Å². The van der Waals surface area contributed by atoms with Crippen LogP contribution in [0.2, 0.25) is 0 Å². The lowest BCUT2D eigenvalue weighted by molar-refractivity contribution is -0.116. The molecule has 0 aliphatic heterocycles. The molecule has 0 aliphatic carbocycles. The average molecular weight is 321 g/mol. The van der Waals surface area contributed by atoms with Crippen LogP contribution in [0.5, 0.6) is 0 Å². The fourth-order valence-corrected chi connectivity index (χ4v) is 3.10. The number of hydrogen-bond donors (Lipinski definition) is 1. The molecule has 2 aromatic carbocycles. The Labute approximate surface area is 142 Å². The number of fused-ring (bicyclic) bond motifs is 1. The maximum atomic E-state index is 12.7. The Hall–Kier alpha value is -2.62. The number of imidazole rings is 1. The minimum absolute atomic E-state index is 0.0168. The second kappa shape index (κ2) is 6.87. The number of carbonyl (C=O) groups excluding carboxylic acids is 1. The van der Waals surface area contributed by atoms with Crippen LogP contribution >= 0.6 is 0 Å². The van der Waals surface area contributed by atoms with E-state index in [2.05, 4.69) is 30.2 Å². The van der Waals surface area contributed by atoms with Gasteiger partial charge in [0, 0.05) is 12.1 Å². The third-order valence-corrected chi connectivity index (χ3v) is 4.36. The van der Waals surface area contributed by atoms with Gasteiger partial charge in [-0.3, -0.25) is 4.79 Å². The van der Waals surface area contributed by atoms with E-state index in [4.69, 9.17) is 0 Å². The first-order valence-electron chi connectivity index (χ1n) is 8.46. The SMILES string of the molecule is CCc1cccc(C)c1NC(=O)Cn1c(CC)nc2ccccc21. The van der Waals surface area contributed by atoms with Crippen LogP contribution in [-0.4, -0.2) is 15.5 Å². The lowest BCUT2D eigenvalue weighted by Crippen LogP contribution is -2.21. The van der Waals surface area contributed by atoms with E-state index in [1.165, 1.54) is 0 Å². The van der Waals surface area contributed by atoms with Crippen molar-refractivity contribution in [2.75, 3.05) is 5.32 Å². The normalized spacial score (nSPS) is 11.0. The molecule has 0 saturated carbocycles. The predicted octanol–water partition coefficient (Wildman–Crippen LogP) is 4.11. The summed E-state index contributed by atoms with van der Waals surface area (Å²) in [7, 11) is 0. The third kappa shape index (κ3) is 3.04. The van der Waals surface area contributed by atoms with Crippen LogP contribution in [0.3, 0.4) is 0 Å². The summed E-state index contributed by atoms with van der Waals surface area (Å²) in [5, 5.41) is 3.10. The maximum absolute atomic E-state index is 12.7. The molecule has 1 heterocycles. The smallest absolute Gasteiger partial charge is 0.244 e. The Bertz CT molecular complexity index is 880. The number of nitrogens with one attached hydrogen (secondary N) is 1. The van der Waals surface area contributed by atoms with Gasteiger partial charge >= 0.3 is 0 Å². The minimum atomic E-state index is -0.0168. The van der Waals surface area contributed by atoms with Gasteiger partial charge in [-0.2, -0.15) is 0 Å². The minimum Gasteiger partial charge on any atom is -0.324 e. The van der Waals surface area contributed by atoms with Gasteiger partial charge in [0.25, 0.3) is 0 Å². The van der Waals surface area contributed by atoms with E-state index in [1.54, 1.807) is 0 Å². The number of para-hydroxylation sites is 3. The molecule has 0 unspecified atom stereocenters. The summed E-state index contributed by atoms with van der Waals surface area (Å²) >= 11 is 0. The monoisotopic (exact) mass is 321 g/mol. The summed E-state index contributed by atoms with van der Waals surface area (Å²) in [6.45, 7) is 6.47. The highest BCUT2D eigenvalue weighted by Crippen LogP contribution is 2.22. The number of nitrogens with zero attached hydrogens (tertiary/aromatic N) is 2. The number of hydrogen-bond acceptors (Lipinski definition) is 2. The van der Waals surface area contributed by atoms with Crippen LogP contribution in [0.15, 0.2) is 42.5 Å². The second-order valence-electron chi connectivity index (χ2n) is 5.97. The Balaban J connectivity index is 1.89. The van der Waals surface area contributed by atoms with Crippen molar-refractivity contribution < 1.29 is 4.79 Å². The Morgan fingerprint density at radius 2 is 1.88 bits per heavy atom. The summed E-state index contributed by atoms with van der Waals surface area (Å²) in [6, 6.07) is 14.1. The highest BCUT2D eigenvalue weighted by molar-refractivity contribution is 5.93. The van der Waals surface area contributed by atoms with Gasteiger partial charge in [0.1, 0.15) is 12.4 Å². The fraction of sp³-hybridized carbons (Fsp3) is 0.300. The van der Waals surface area contributed by atoms with Crippen LogP contribution in [0, 0.1) is 6.92 Å². The van der Waals surface area contributed by atoms with Crippen molar-refractivity contribution in [3.63, 3.8) is 0 Å². The van der Waals surface area contributed by atoms with E-state index in [0.717, 1.165) is 46.5 Å². The zero-order valence-corrected chi connectivity index (χ0v) is 14.5. The first-order chi connectivity index (χ1) is 11.6. The summed E-state index contributed by atoms with van der Waals surface area (Å²) in [5.41, 5.74) is 5.13. The Morgan fingerprint density at radius 1 is 1.08 bits per heavy atom. The molecule has 24 heavy (non-hydrogen) atoms. The molecule has 1 aromatic heterocycles. The summed E-state index contributed by atoms with van der Waals surface area (Å²) in [5.74, 6) is 0.920. The number of carbonyl (C=O) groups is 1. The average Bonchev–Trinajstić information content (AvgIpc) is 2.94. The lowest BCUT2D eigenvalue weighted by Gasteiger charge is -2.14. The van der Waals surface area contributed by atoms with Gasteiger partial charge in [-0.1, -0.05) is 44.2 Å². The maximum Gasteiger partial charge on any atom is 0.244 e. The number of amides is 1. The quantitative estimate of drug-likeness (QED) is 0.769. The van der Waals surface area contributed by atoms with Crippen molar-refractivity contribution in [2.45, 2.75) is 40.2 Å². The van der Waals surface area contributed by atoms with E-state index in [-0.39, 0.29) is 12.5 Å². The van der Waals surface area contributed by atoms with Gasteiger partial charge < -0.3 is 9.88 Å². The number of rotatable bonds is 5. The number of anilines is 1. The largest absolute Gasteiger partial charge is 0.324 e. The molecular formula is C20H23N3O. The van der Waals surface area contributed by atoms with Crippen molar-refractivity contribution in [3.05, 3.63) is 59.4 Å². The van der Waals surface area contributed by atoms with Gasteiger partial charge in [-0.25, -0.2) is 4.98 Å². The first-order valence-corrected chi connectivity index (χ1v) is 8.46. The molecule has 124 valence electrons. The standard InChI is InChI=1S/C20H23N3O/c1-4-15-10-8-9-14(3)20(15)22-19(24)13-23-17-12-7-6-11-16(17)21-18(23)5-2/h6-12H,4-5,13H2,1-3H3,(H,22,24). The van der Waals surface area contributed by atoms with E-state index >= 15 is 0 Å². The molecule has 1 amide bonds. The first kappa shape index (κ1) is 16.2. The van der Waals surface area contributed by atoms with E-state index < -0.39 is 0 Å². The number of aryl methyl sites for hydroxylation is 3. The van der Waals surface area contributed by atoms with Crippen molar-refractivity contribution in [3.8, 4) is 0 Å². The van der Waals surface area contributed by atoms with Crippen molar-refractivity contribution in [1.29, 1.82) is 0 Å². The van der Waals surface area contributed by atoms with Crippen LogP contribution in [0.1, 0.15) is 30.8 Å². The molecular weight excluding hydrogens is 298 g/mol. The topological polar surface area (TPSA) is 46.9 Å². The van der Waals surface area contributed by atoms with Gasteiger partial charge in [0.15, 0.2) is 0 Å². The van der Waals surface area contributed by atoms with E-state index in [0.29, 0.717) is 0 Å². The highest BCUT2D eigenvalue weighted by Gasteiger charge is 2.14. The molecule has 1 N–H and O–H groups in total. The molecule has 0 spiro atoms. The van der Waals surface area contributed by atoms with Crippen molar-refractivity contribution >= 4 is 22.6 Å². The van der Waals surface area contributed by atoms with Crippen LogP contribution in [0.25, 0.3) is 11.0 Å². The van der Waals surface area contributed by atoms with Crippen molar-refractivity contribution in [1.82, 2.24) is 9.55 Å². The van der Waals surface area contributed by atoms with E-state index in [9.17, 15) is 4.79 Å². The zero-order valence-electron chi connectivity index (χ0n) is 14.5. The van der Waals surface area contributed by atoms with Gasteiger partial charge in [-0.15, -0.1) is 0 Å². The molecule has 0 saturated heterocycles. The van der Waals surface area contributed by atoms with Gasteiger partial charge in [0.05, 0.1) is 11.0 Å². The lowest BCUT2D eigenvalue weighted by atomic mass is 10.1. The molecule has 0 aliphatic rings. The predicted molar refractivity (Wildman–Crippen MR) is 98.3 cm³/mol. The molecule has 4 heteroatoms. The molecule has 4 nitrogen and oxygen atoms in total. The van der Waals surface area contributed by atoms with Gasteiger partial charge in [0.2, 0.25) is 5.91 Å². The third-order valence-electron chi connectivity index (χ3n) is 4.36. The zero-order chi connectivity index (χ0) is 17.1. The fourth-order valence-electron chi connectivity index (χ4n) is 3.10. The molecule has 0 atom stereocenters. The van der Waals surface area contributed by atoms with Crippen LogP contribution < -0.4 is 5.32 Å². The number of aromatic nitrogens is 2. The Morgan fingerprint density at radius 3 is 2.62 bits per heavy atom. The second-order valence-corrected chi connectivity index (χ2v) is 5.97. The van der Waals surface area contributed by atoms with Crippen LogP contribution in [0.4, 0.5) is 5.69 Å². The number of benzene rings is 2. The molecule has 0 fully saturated rings.